The molecule has 0 heterocycles. The molecule has 2 fully saturated rings. The van der Waals surface area contributed by atoms with Gasteiger partial charge in [-0.15, -0.1) is 0 Å². The van der Waals surface area contributed by atoms with Crippen LogP contribution in [-0.2, 0) is 0 Å². The molecule has 0 aliphatic heterocycles. The summed E-state index contributed by atoms with van der Waals surface area (Å²) in [4.78, 5) is 0. The summed E-state index contributed by atoms with van der Waals surface area (Å²) in [7, 11) is 0. The van der Waals surface area contributed by atoms with E-state index in [1.807, 2.05) is 0 Å². The van der Waals surface area contributed by atoms with Crippen molar-refractivity contribution in [2.45, 2.75) is 50.5 Å². The summed E-state index contributed by atoms with van der Waals surface area (Å²) in [5.41, 5.74) is 5.23. The summed E-state index contributed by atoms with van der Waals surface area (Å²) < 4.78 is 0. The first-order valence-corrected chi connectivity index (χ1v) is 5.70. The van der Waals surface area contributed by atoms with E-state index in [9.17, 15) is 5.11 Å². The van der Waals surface area contributed by atoms with Gasteiger partial charge in [-0.25, -0.2) is 0 Å². The summed E-state index contributed by atoms with van der Waals surface area (Å²) in [6.07, 6.45) is 8.75. The highest BCUT2D eigenvalue weighted by Crippen LogP contribution is 2.46. The molecule has 2 saturated carbocycles. The minimum atomic E-state index is -0.500. The van der Waals surface area contributed by atoms with Gasteiger partial charge in [0.1, 0.15) is 0 Å². The van der Waals surface area contributed by atoms with Crippen molar-refractivity contribution < 1.29 is 5.11 Å². The van der Waals surface area contributed by atoms with Crippen LogP contribution in [0, 0.1) is 11.8 Å². The molecule has 2 nitrogen and oxygen atoms in total. The molecule has 0 amide bonds. The maximum absolute atomic E-state index is 10.5. The molecule has 0 aromatic heterocycles. The molecule has 2 aliphatic rings. The van der Waals surface area contributed by atoms with Gasteiger partial charge in [-0.05, 0) is 37.5 Å². The first kappa shape index (κ1) is 9.47. The average Bonchev–Trinajstić information content (AvgIpc) is 2.50. The van der Waals surface area contributed by atoms with E-state index < -0.39 is 5.60 Å². The van der Waals surface area contributed by atoms with E-state index in [1.165, 1.54) is 44.9 Å². The first-order chi connectivity index (χ1) is 6.27. The van der Waals surface area contributed by atoms with Crippen molar-refractivity contribution in [1.29, 1.82) is 0 Å². The normalized spacial score (nSPS) is 45.7. The van der Waals surface area contributed by atoms with Crippen molar-refractivity contribution in [3.8, 4) is 0 Å². The van der Waals surface area contributed by atoms with Crippen LogP contribution in [0.15, 0.2) is 0 Å². The predicted molar refractivity (Wildman–Crippen MR) is 53.3 cm³/mol. The van der Waals surface area contributed by atoms with Crippen LogP contribution < -0.4 is 5.73 Å². The number of aliphatic hydroxyl groups is 1. The SMILES string of the molecule is NCC1(O)C2CCCCCC1CC2. The van der Waals surface area contributed by atoms with Crippen molar-refractivity contribution in [3.05, 3.63) is 0 Å². The Morgan fingerprint density at radius 3 is 2.00 bits per heavy atom. The number of fused-ring (bicyclic) bond motifs is 2. The van der Waals surface area contributed by atoms with E-state index >= 15 is 0 Å². The molecule has 2 bridgehead atoms. The van der Waals surface area contributed by atoms with E-state index in [4.69, 9.17) is 5.73 Å². The molecule has 2 heteroatoms. The molecule has 2 unspecified atom stereocenters. The molecule has 0 saturated heterocycles. The van der Waals surface area contributed by atoms with Crippen LogP contribution >= 0.6 is 0 Å². The summed E-state index contributed by atoms with van der Waals surface area (Å²) in [6.45, 7) is 0.475. The lowest BCUT2D eigenvalue weighted by atomic mass is 9.77. The Morgan fingerprint density at radius 2 is 1.54 bits per heavy atom. The third-order valence-corrected chi connectivity index (χ3v) is 4.21. The van der Waals surface area contributed by atoms with Crippen molar-refractivity contribution in [2.75, 3.05) is 6.54 Å². The van der Waals surface area contributed by atoms with Crippen LogP contribution in [0.5, 0.6) is 0 Å². The third kappa shape index (κ3) is 1.50. The van der Waals surface area contributed by atoms with Gasteiger partial charge >= 0.3 is 0 Å². The fraction of sp³-hybridized carbons (Fsp3) is 1.00. The lowest BCUT2D eigenvalue weighted by Gasteiger charge is -2.36. The van der Waals surface area contributed by atoms with Crippen molar-refractivity contribution in [1.82, 2.24) is 0 Å². The molecule has 76 valence electrons. The van der Waals surface area contributed by atoms with Gasteiger partial charge in [0.15, 0.2) is 0 Å². The quantitative estimate of drug-likeness (QED) is 0.649. The van der Waals surface area contributed by atoms with Crippen molar-refractivity contribution in [3.63, 3.8) is 0 Å². The van der Waals surface area contributed by atoms with Gasteiger partial charge in [0.25, 0.3) is 0 Å². The molecule has 2 rings (SSSR count). The van der Waals surface area contributed by atoms with Crippen LogP contribution in [0.4, 0.5) is 0 Å². The first-order valence-electron chi connectivity index (χ1n) is 5.70. The van der Waals surface area contributed by atoms with Crippen molar-refractivity contribution in [2.24, 2.45) is 17.6 Å². The fourth-order valence-corrected chi connectivity index (χ4v) is 3.32. The highest BCUT2D eigenvalue weighted by atomic mass is 16.3. The van der Waals surface area contributed by atoms with E-state index in [0.29, 0.717) is 18.4 Å². The van der Waals surface area contributed by atoms with Gasteiger partial charge in [-0.1, -0.05) is 19.3 Å². The molecule has 2 aliphatic carbocycles. The van der Waals surface area contributed by atoms with Gasteiger partial charge in [0.2, 0.25) is 0 Å². The standard InChI is InChI=1S/C11H21NO/c12-8-11(13)9-4-2-1-3-5-10(11)7-6-9/h9-10,13H,1-8,12H2. The predicted octanol–water partition coefficient (Wildman–Crippen LogP) is 1.67. The van der Waals surface area contributed by atoms with Crippen LogP contribution in [0.3, 0.4) is 0 Å². The number of hydrogen-bond acceptors (Lipinski definition) is 2. The lowest BCUT2D eigenvalue weighted by Crippen LogP contribution is -2.47. The maximum atomic E-state index is 10.5. The minimum absolute atomic E-state index is 0.475. The van der Waals surface area contributed by atoms with E-state index in [2.05, 4.69) is 0 Å². The maximum Gasteiger partial charge on any atom is 0.0825 e. The van der Waals surface area contributed by atoms with Crippen LogP contribution in [0.1, 0.15) is 44.9 Å². The number of nitrogens with two attached hydrogens (primary N) is 1. The average molecular weight is 183 g/mol. The largest absolute Gasteiger partial charge is 0.388 e. The second kappa shape index (κ2) is 3.58. The number of hydrogen-bond donors (Lipinski definition) is 2. The lowest BCUT2D eigenvalue weighted by molar-refractivity contribution is -0.0383. The van der Waals surface area contributed by atoms with Crippen molar-refractivity contribution >= 4 is 0 Å². The molecule has 3 N–H and O–H groups in total. The summed E-state index contributed by atoms with van der Waals surface area (Å²) in [5.74, 6) is 1.01. The van der Waals surface area contributed by atoms with Gasteiger partial charge < -0.3 is 10.8 Å². The Balaban J connectivity index is 2.15. The summed E-state index contributed by atoms with van der Waals surface area (Å²) in [6, 6.07) is 0. The van der Waals surface area contributed by atoms with Crippen LogP contribution in [0.25, 0.3) is 0 Å². The Labute approximate surface area is 80.5 Å². The Bertz CT molecular complexity index is 167. The molecule has 2 atom stereocenters. The zero-order valence-corrected chi connectivity index (χ0v) is 8.34. The van der Waals surface area contributed by atoms with Gasteiger partial charge in [0, 0.05) is 6.54 Å². The van der Waals surface area contributed by atoms with Crippen LogP contribution in [-0.4, -0.2) is 17.3 Å². The van der Waals surface area contributed by atoms with E-state index in [0.717, 1.165) is 0 Å². The zero-order valence-electron chi connectivity index (χ0n) is 8.34. The third-order valence-electron chi connectivity index (χ3n) is 4.21. The molecule has 0 radical (unpaired) electrons. The molecular formula is C11H21NO. The Kier molecular flexibility index (Phi) is 2.61. The highest BCUT2D eigenvalue weighted by molar-refractivity contribution is 4.99. The molecule has 0 aromatic carbocycles. The smallest absolute Gasteiger partial charge is 0.0825 e. The van der Waals surface area contributed by atoms with Gasteiger partial charge in [-0.3, -0.25) is 0 Å². The molecule has 0 aromatic rings. The van der Waals surface area contributed by atoms with E-state index in [-0.39, 0.29) is 0 Å². The molecule has 0 spiro atoms. The fourth-order valence-electron chi connectivity index (χ4n) is 3.32. The van der Waals surface area contributed by atoms with Gasteiger partial charge in [-0.2, -0.15) is 0 Å². The second-order valence-electron chi connectivity index (χ2n) is 4.80. The summed E-state index contributed by atoms with van der Waals surface area (Å²) >= 11 is 0. The highest BCUT2D eigenvalue weighted by Gasteiger charge is 2.47. The molecule has 13 heavy (non-hydrogen) atoms. The monoisotopic (exact) mass is 183 g/mol. The Morgan fingerprint density at radius 1 is 1.00 bits per heavy atom. The second-order valence-corrected chi connectivity index (χ2v) is 4.80. The summed E-state index contributed by atoms with van der Waals surface area (Å²) in [5, 5.41) is 10.5. The number of rotatable bonds is 1. The van der Waals surface area contributed by atoms with E-state index in [1.54, 1.807) is 0 Å². The minimum Gasteiger partial charge on any atom is -0.388 e. The van der Waals surface area contributed by atoms with Crippen LogP contribution in [0.2, 0.25) is 0 Å². The Hall–Kier alpha value is -0.0800. The topological polar surface area (TPSA) is 46.2 Å². The van der Waals surface area contributed by atoms with Gasteiger partial charge in [0.05, 0.1) is 5.60 Å². The molecular weight excluding hydrogens is 162 g/mol. The zero-order chi connectivity index (χ0) is 9.31.